The summed E-state index contributed by atoms with van der Waals surface area (Å²) < 4.78 is 0. The quantitative estimate of drug-likeness (QED) is 0.676. The van der Waals surface area contributed by atoms with Crippen molar-refractivity contribution in [3.05, 3.63) is 18.3 Å². The van der Waals surface area contributed by atoms with Gasteiger partial charge in [-0.25, -0.2) is 4.98 Å². The molecule has 2 amide bonds. The molecule has 84 valence electrons. The number of nitrogen functional groups attached to an aromatic ring is 1. The molecule has 16 heavy (non-hydrogen) atoms. The molecule has 1 aliphatic heterocycles. The van der Waals surface area contributed by atoms with Gasteiger partial charge in [0.2, 0.25) is 5.91 Å². The molecule has 1 atom stereocenters. The number of nitrogens with two attached hydrogens (primary N) is 1. The molecule has 1 aromatic heterocycles. The van der Waals surface area contributed by atoms with E-state index in [4.69, 9.17) is 5.73 Å². The molecule has 0 aromatic carbocycles. The summed E-state index contributed by atoms with van der Waals surface area (Å²) in [5.74, 6) is 0.0714. The third-order valence-electron chi connectivity index (χ3n) is 2.49. The molecule has 3 N–H and O–H groups in total. The van der Waals surface area contributed by atoms with E-state index in [1.807, 2.05) is 0 Å². The second kappa shape index (κ2) is 3.80. The summed E-state index contributed by atoms with van der Waals surface area (Å²) in [4.78, 5) is 28.0. The first-order chi connectivity index (χ1) is 7.58. The number of carbonyl (C=O) groups excluding carboxylic acids is 2. The normalized spacial score (nSPS) is 20.3. The highest BCUT2D eigenvalue weighted by Gasteiger charge is 2.36. The van der Waals surface area contributed by atoms with Crippen LogP contribution < -0.4 is 11.1 Å². The molecule has 6 heteroatoms. The van der Waals surface area contributed by atoms with E-state index in [2.05, 4.69) is 10.3 Å². The lowest BCUT2D eigenvalue weighted by Crippen LogP contribution is -2.32. The van der Waals surface area contributed by atoms with Crippen LogP contribution in [0.25, 0.3) is 0 Å². The van der Waals surface area contributed by atoms with E-state index in [-0.39, 0.29) is 18.2 Å². The number of carbonyl (C=O) groups is 2. The molecule has 0 aliphatic carbocycles. The zero-order valence-corrected chi connectivity index (χ0v) is 8.80. The van der Waals surface area contributed by atoms with Crippen LogP contribution >= 0.6 is 0 Å². The molecule has 1 fully saturated rings. The lowest BCUT2D eigenvalue weighted by atomic mass is 10.2. The summed E-state index contributed by atoms with van der Waals surface area (Å²) in [6, 6.07) is 2.74. The van der Waals surface area contributed by atoms with Gasteiger partial charge >= 0.3 is 0 Å². The van der Waals surface area contributed by atoms with Gasteiger partial charge in [0, 0.05) is 25.0 Å². The predicted octanol–water partition coefficient (Wildman–Crippen LogP) is -0.167. The Balaban J connectivity index is 2.12. The second-order valence-corrected chi connectivity index (χ2v) is 3.67. The van der Waals surface area contributed by atoms with Crippen molar-refractivity contribution in [1.29, 1.82) is 0 Å². The van der Waals surface area contributed by atoms with Crippen LogP contribution in [0, 0.1) is 0 Å². The van der Waals surface area contributed by atoms with Crippen LogP contribution in [0.2, 0.25) is 0 Å². The maximum absolute atomic E-state index is 11.6. The summed E-state index contributed by atoms with van der Waals surface area (Å²) in [6.45, 7) is 0. The Hall–Kier alpha value is -2.11. The number of hydrogen-bond donors (Lipinski definition) is 2. The maximum atomic E-state index is 11.6. The molecule has 0 spiro atoms. The summed E-state index contributed by atoms with van der Waals surface area (Å²) >= 11 is 0. The van der Waals surface area contributed by atoms with E-state index in [1.54, 1.807) is 18.3 Å². The Labute approximate surface area is 92.4 Å². The van der Waals surface area contributed by atoms with Gasteiger partial charge in [0.1, 0.15) is 11.9 Å². The third kappa shape index (κ3) is 1.81. The average Bonchev–Trinajstić information content (AvgIpc) is 2.47. The van der Waals surface area contributed by atoms with Crippen molar-refractivity contribution in [2.24, 2.45) is 0 Å². The minimum absolute atomic E-state index is 0.159. The Morgan fingerprint density at radius 2 is 2.31 bits per heavy atom. The van der Waals surface area contributed by atoms with Crippen LogP contribution in [0.4, 0.5) is 11.5 Å². The van der Waals surface area contributed by atoms with E-state index in [9.17, 15) is 9.59 Å². The average molecular weight is 220 g/mol. The fourth-order valence-corrected chi connectivity index (χ4v) is 1.57. The van der Waals surface area contributed by atoms with Crippen molar-refractivity contribution in [1.82, 2.24) is 9.88 Å². The Bertz CT molecular complexity index is 446. The third-order valence-corrected chi connectivity index (χ3v) is 2.49. The van der Waals surface area contributed by atoms with E-state index in [0.717, 1.165) is 4.90 Å². The van der Waals surface area contributed by atoms with Gasteiger partial charge in [-0.1, -0.05) is 0 Å². The number of aromatic nitrogens is 1. The molecule has 2 heterocycles. The molecule has 2 rings (SSSR count). The van der Waals surface area contributed by atoms with Gasteiger partial charge in [-0.2, -0.15) is 0 Å². The molecule has 6 nitrogen and oxygen atoms in total. The summed E-state index contributed by atoms with van der Waals surface area (Å²) in [7, 11) is 1.47. The highest BCUT2D eigenvalue weighted by atomic mass is 16.2. The van der Waals surface area contributed by atoms with Crippen LogP contribution in [-0.4, -0.2) is 34.8 Å². The predicted molar refractivity (Wildman–Crippen MR) is 58.5 cm³/mol. The number of nitrogens with one attached hydrogen (secondary N) is 1. The standard InChI is InChI=1S/C10H12N4O2/c1-14-9(15)5-7(10(14)16)13-8-4-6(11)2-3-12-8/h2-4,7H,5H2,1H3,(H3,11,12,13). The van der Waals surface area contributed by atoms with Crippen LogP contribution in [0.15, 0.2) is 18.3 Å². The van der Waals surface area contributed by atoms with Gasteiger partial charge in [0.15, 0.2) is 0 Å². The highest BCUT2D eigenvalue weighted by molar-refractivity contribution is 6.06. The van der Waals surface area contributed by atoms with E-state index < -0.39 is 6.04 Å². The van der Waals surface area contributed by atoms with Crippen molar-refractivity contribution < 1.29 is 9.59 Å². The van der Waals surface area contributed by atoms with Gasteiger partial charge in [-0.15, -0.1) is 0 Å². The van der Waals surface area contributed by atoms with Gasteiger partial charge in [-0.3, -0.25) is 14.5 Å². The SMILES string of the molecule is CN1C(=O)CC(Nc2cc(N)ccn2)C1=O. The number of anilines is 2. The fraction of sp³-hybridized carbons (Fsp3) is 0.300. The number of amides is 2. The molecular formula is C10H12N4O2. The molecule has 0 radical (unpaired) electrons. The van der Waals surface area contributed by atoms with Crippen molar-refractivity contribution >= 4 is 23.3 Å². The topological polar surface area (TPSA) is 88.3 Å². The number of likely N-dealkylation sites (tertiary alicyclic amines) is 1. The van der Waals surface area contributed by atoms with Crippen molar-refractivity contribution in [3.63, 3.8) is 0 Å². The first kappa shape index (κ1) is 10.4. The van der Waals surface area contributed by atoms with Crippen LogP contribution in [0.1, 0.15) is 6.42 Å². The van der Waals surface area contributed by atoms with Gasteiger partial charge in [-0.05, 0) is 6.07 Å². The van der Waals surface area contributed by atoms with Crippen LogP contribution in [0.3, 0.4) is 0 Å². The second-order valence-electron chi connectivity index (χ2n) is 3.67. The summed E-state index contributed by atoms with van der Waals surface area (Å²) in [5.41, 5.74) is 6.14. The van der Waals surface area contributed by atoms with Crippen molar-refractivity contribution in [3.8, 4) is 0 Å². The minimum atomic E-state index is -0.535. The zero-order chi connectivity index (χ0) is 11.7. The molecule has 1 aromatic rings. The molecule has 1 aliphatic rings. The largest absolute Gasteiger partial charge is 0.399 e. The lowest BCUT2D eigenvalue weighted by molar-refractivity contribution is -0.136. The highest BCUT2D eigenvalue weighted by Crippen LogP contribution is 2.16. The smallest absolute Gasteiger partial charge is 0.251 e. The number of pyridine rings is 1. The number of nitrogens with zero attached hydrogens (tertiary/aromatic N) is 2. The number of hydrogen-bond acceptors (Lipinski definition) is 5. The Morgan fingerprint density at radius 1 is 1.56 bits per heavy atom. The van der Waals surface area contributed by atoms with E-state index in [0.29, 0.717) is 11.5 Å². The fourth-order valence-electron chi connectivity index (χ4n) is 1.57. The molecule has 1 saturated heterocycles. The lowest BCUT2D eigenvalue weighted by Gasteiger charge is -2.11. The Kier molecular flexibility index (Phi) is 2.47. The molecule has 0 saturated carbocycles. The number of rotatable bonds is 2. The first-order valence-electron chi connectivity index (χ1n) is 4.86. The maximum Gasteiger partial charge on any atom is 0.251 e. The monoisotopic (exact) mass is 220 g/mol. The first-order valence-corrected chi connectivity index (χ1v) is 4.86. The van der Waals surface area contributed by atoms with Crippen molar-refractivity contribution in [2.45, 2.75) is 12.5 Å². The molecular weight excluding hydrogens is 208 g/mol. The van der Waals surface area contributed by atoms with Gasteiger partial charge in [0.25, 0.3) is 5.91 Å². The van der Waals surface area contributed by atoms with E-state index >= 15 is 0 Å². The number of imide groups is 1. The van der Waals surface area contributed by atoms with E-state index in [1.165, 1.54) is 7.05 Å². The van der Waals surface area contributed by atoms with Gasteiger partial charge in [0.05, 0.1) is 6.42 Å². The zero-order valence-electron chi connectivity index (χ0n) is 8.80. The Morgan fingerprint density at radius 3 is 2.88 bits per heavy atom. The summed E-state index contributed by atoms with van der Waals surface area (Å²) in [5, 5.41) is 2.89. The van der Waals surface area contributed by atoms with Crippen LogP contribution in [-0.2, 0) is 9.59 Å². The number of likely N-dealkylation sites (N-methyl/N-ethyl adjacent to an activating group) is 1. The summed E-state index contributed by atoms with van der Waals surface area (Å²) in [6.07, 6.45) is 1.70. The van der Waals surface area contributed by atoms with Gasteiger partial charge < -0.3 is 11.1 Å². The minimum Gasteiger partial charge on any atom is -0.399 e. The molecule has 1 unspecified atom stereocenters. The van der Waals surface area contributed by atoms with Crippen LogP contribution in [0.5, 0.6) is 0 Å². The van der Waals surface area contributed by atoms with Crippen molar-refractivity contribution in [2.75, 3.05) is 18.1 Å². The molecule has 0 bridgehead atoms.